The van der Waals surface area contributed by atoms with Crippen molar-refractivity contribution in [1.29, 1.82) is 0 Å². The lowest BCUT2D eigenvalue weighted by atomic mass is 10.2. The van der Waals surface area contributed by atoms with Gasteiger partial charge in [0.1, 0.15) is 11.5 Å². The Morgan fingerprint density at radius 1 is 1.56 bits per heavy atom. The molecular weight excluding hydrogens is 228 g/mol. The van der Waals surface area contributed by atoms with Crippen LogP contribution in [0.1, 0.15) is 44.1 Å². The molecule has 4 heteroatoms. The van der Waals surface area contributed by atoms with Gasteiger partial charge in [0.2, 0.25) is 5.91 Å². The third kappa shape index (κ3) is 3.60. The first-order chi connectivity index (χ1) is 8.56. The highest BCUT2D eigenvalue weighted by Crippen LogP contribution is 2.29. The topological polar surface area (TPSA) is 59.5 Å². The molecule has 1 aliphatic rings. The molecule has 100 valence electrons. The third-order valence-electron chi connectivity index (χ3n) is 3.24. The first kappa shape index (κ1) is 13.1. The van der Waals surface area contributed by atoms with Crippen molar-refractivity contribution in [3.05, 3.63) is 23.7 Å². The summed E-state index contributed by atoms with van der Waals surface area (Å²) in [5, 5.41) is 0. The monoisotopic (exact) mass is 250 g/mol. The van der Waals surface area contributed by atoms with E-state index >= 15 is 0 Å². The number of nitrogens with zero attached hydrogens (tertiary/aromatic N) is 1. The number of hydrogen-bond donors (Lipinski definition) is 1. The molecule has 4 nitrogen and oxygen atoms in total. The van der Waals surface area contributed by atoms with Crippen molar-refractivity contribution < 1.29 is 9.21 Å². The molecule has 18 heavy (non-hydrogen) atoms. The number of carbonyl (C=O) groups is 1. The second kappa shape index (κ2) is 5.57. The Bertz CT molecular complexity index is 408. The zero-order chi connectivity index (χ0) is 13.1. The van der Waals surface area contributed by atoms with Crippen LogP contribution in [-0.2, 0) is 11.3 Å². The van der Waals surface area contributed by atoms with Gasteiger partial charge in [-0.3, -0.25) is 4.79 Å². The minimum atomic E-state index is 0.0841. The van der Waals surface area contributed by atoms with Crippen molar-refractivity contribution in [3.63, 3.8) is 0 Å². The van der Waals surface area contributed by atoms with Crippen LogP contribution in [0.2, 0.25) is 0 Å². The predicted molar refractivity (Wildman–Crippen MR) is 69.9 cm³/mol. The summed E-state index contributed by atoms with van der Waals surface area (Å²) in [6.07, 6.45) is 3.51. The van der Waals surface area contributed by atoms with E-state index in [1.165, 1.54) is 0 Å². The van der Waals surface area contributed by atoms with Gasteiger partial charge in [-0.2, -0.15) is 0 Å². The fourth-order valence-electron chi connectivity index (χ4n) is 2.04. The number of carbonyl (C=O) groups excluding carboxylic acids is 1. The van der Waals surface area contributed by atoms with Crippen LogP contribution < -0.4 is 5.73 Å². The number of rotatable bonds is 6. The normalized spacial score (nSPS) is 16.6. The summed E-state index contributed by atoms with van der Waals surface area (Å²) in [5.41, 5.74) is 5.70. The average molecular weight is 250 g/mol. The number of nitrogens with two attached hydrogens (primary N) is 1. The van der Waals surface area contributed by atoms with Gasteiger partial charge in [0.25, 0.3) is 0 Å². The Kier molecular flexibility index (Phi) is 4.07. The maximum absolute atomic E-state index is 12.2. The summed E-state index contributed by atoms with van der Waals surface area (Å²) in [5.74, 6) is 1.96. The molecule has 2 rings (SSSR count). The van der Waals surface area contributed by atoms with E-state index < -0.39 is 0 Å². The highest BCUT2D eigenvalue weighted by atomic mass is 16.3. The molecule has 1 atom stereocenters. The van der Waals surface area contributed by atoms with Crippen LogP contribution >= 0.6 is 0 Å². The average Bonchev–Trinajstić information content (AvgIpc) is 3.07. The molecule has 1 amide bonds. The van der Waals surface area contributed by atoms with E-state index in [0.29, 0.717) is 19.0 Å². The molecule has 1 heterocycles. The summed E-state index contributed by atoms with van der Waals surface area (Å²) in [4.78, 5) is 14.1. The third-order valence-corrected chi connectivity index (χ3v) is 3.24. The minimum Gasteiger partial charge on any atom is -0.464 e. The highest BCUT2D eigenvalue weighted by molar-refractivity contribution is 5.76. The molecule has 0 radical (unpaired) electrons. The van der Waals surface area contributed by atoms with Gasteiger partial charge in [0.05, 0.1) is 6.54 Å². The standard InChI is InChI=1S/C14H22N2O2/c1-10(15)3-8-14(17)16(12-5-6-12)9-13-7-4-11(2)18-13/h4,7,10,12H,3,5-6,8-9,15H2,1-2H3. The van der Waals surface area contributed by atoms with Crippen LogP contribution in [0.5, 0.6) is 0 Å². The van der Waals surface area contributed by atoms with Crippen molar-refractivity contribution in [2.24, 2.45) is 5.73 Å². The number of aryl methyl sites for hydroxylation is 1. The molecule has 0 saturated heterocycles. The minimum absolute atomic E-state index is 0.0841. The summed E-state index contributed by atoms with van der Waals surface area (Å²) in [7, 11) is 0. The van der Waals surface area contributed by atoms with Crippen molar-refractivity contribution >= 4 is 5.91 Å². The second-order valence-corrected chi connectivity index (χ2v) is 5.28. The van der Waals surface area contributed by atoms with E-state index in [1.54, 1.807) is 0 Å². The van der Waals surface area contributed by atoms with E-state index in [1.807, 2.05) is 30.9 Å². The predicted octanol–water partition coefficient (Wildman–Crippen LogP) is 2.21. The fraction of sp³-hybridized carbons (Fsp3) is 0.643. The Morgan fingerprint density at radius 3 is 2.78 bits per heavy atom. The Morgan fingerprint density at radius 2 is 2.28 bits per heavy atom. The fourth-order valence-corrected chi connectivity index (χ4v) is 2.04. The summed E-state index contributed by atoms with van der Waals surface area (Å²) in [6, 6.07) is 4.38. The van der Waals surface area contributed by atoms with E-state index in [-0.39, 0.29) is 11.9 Å². The molecule has 2 N–H and O–H groups in total. The van der Waals surface area contributed by atoms with Crippen LogP contribution in [0.25, 0.3) is 0 Å². The quantitative estimate of drug-likeness (QED) is 0.842. The summed E-state index contributed by atoms with van der Waals surface area (Å²) in [6.45, 7) is 4.45. The smallest absolute Gasteiger partial charge is 0.223 e. The lowest BCUT2D eigenvalue weighted by Crippen LogP contribution is -2.33. The molecule has 1 fully saturated rings. The first-order valence-electron chi connectivity index (χ1n) is 6.66. The molecule has 1 unspecified atom stereocenters. The molecule has 0 aromatic carbocycles. The summed E-state index contributed by atoms with van der Waals surface area (Å²) < 4.78 is 5.55. The van der Waals surface area contributed by atoms with Crippen molar-refractivity contribution in [2.75, 3.05) is 0 Å². The van der Waals surface area contributed by atoms with E-state index in [2.05, 4.69) is 0 Å². The Labute approximate surface area is 108 Å². The van der Waals surface area contributed by atoms with Gasteiger partial charge in [-0.25, -0.2) is 0 Å². The first-order valence-corrected chi connectivity index (χ1v) is 6.66. The van der Waals surface area contributed by atoms with Crippen LogP contribution in [-0.4, -0.2) is 22.9 Å². The van der Waals surface area contributed by atoms with Crippen molar-refractivity contribution in [2.45, 2.75) is 58.2 Å². The number of furan rings is 1. The molecular formula is C14H22N2O2. The number of amides is 1. The van der Waals surface area contributed by atoms with Gasteiger partial charge in [-0.1, -0.05) is 0 Å². The molecule has 1 saturated carbocycles. The maximum atomic E-state index is 12.2. The molecule has 0 aliphatic heterocycles. The molecule has 0 bridgehead atoms. The van der Waals surface area contributed by atoms with Gasteiger partial charge < -0.3 is 15.1 Å². The largest absolute Gasteiger partial charge is 0.464 e. The highest BCUT2D eigenvalue weighted by Gasteiger charge is 2.32. The molecule has 1 aliphatic carbocycles. The van der Waals surface area contributed by atoms with Gasteiger partial charge in [-0.15, -0.1) is 0 Å². The SMILES string of the molecule is Cc1ccc(CN(C(=O)CCC(C)N)C2CC2)o1. The van der Waals surface area contributed by atoms with Crippen LogP contribution in [0, 0.1) is 6.92 Å². The molecule has 0 spiro atoms. The van der Waals surface area contributed by atoms with Gasteiger partial charge in [0, 0.05) is 18.5 Å². The molecule has 1 aromatic heterocycles. The lowest BCUT2D eigenvalue weighted by molar-refractivity contribution is -0.132. The molecule has 1 aromatic rings. The lowest BCUT2D eigenvalue weighted by Gasteiger charge is -2.21. The van der Waals surface area contributed by atoms with E-state index in [4.69, 9.17) is 10.2 Å². The van der Waals surface area contributed by atoms with Crippen molar-refractivity contribution in [3.8, 4) is 0 Å². The van der Waals surface area contributed by atoms with Gasteiger partial charge in [0.15, 0.2) is 0 Å². The Hall–Kier alpha value is -1.29. The van der Waals surface area contributed by atoms with E-state index in [0.717, 1.165) is 30.8 Å². The maximum Gasteiger partial charge on any atom is 0.223 e. The van der Waals surface area contributed by atoms with Gasteiger partial charge >= 0.3 is 0 Å². The van der Waals surface area contributed by atoms with Gasteiger partial charge in [-0.05, 0) is 45.2 Å². The number of hydrogen-bond acceptors (Lipinski definition) is 3. The summed E-state index contributed by atoms with van der Waals surface area (Å²) >= 11 is 0. The van der Waals surface area contributed by atoms with Crippen LogP contribution in [0.15, 0.2) is 16.5 Å². The zero-order valence-corrected chi connectivity index (χ0v) is 11.2. The van der Waals surface area contributed by atoms with Crippen LogP contribution in [0.3, 0.4) is 0 Å². The van der Waals surface area contributed by atoms with E-state index in [9.17, 15) is 4.79 Å². The second-order valence-electron chi connectivity index (χ2n) is 5.28. The zero-order valence-electron chi connectivity index (χ0n) is 11.2. The van der Waals surface area contributed by atoms with Crippen molar-refractivity contribution in [1.82, 2.24) is 4.90 Å². The Balaban J connectivity index is 1.93. The van der Waals surface area contributed by atoms with Crippen LogP contribution in [0.4, 0.5) is 0 Å².